The van der Waals surface area contributed by atoms with Crippen LogP contribution in [0.5, 0.6) is 11.6 Å². The van der Waals surface area contributed by atoms with Crippen molar-refractivity contribution in [2.24, 2.45) is 0 Å². The number of nitrogens with zero attached hydrogens (tertiary/aromatic N) is 3. The number of hydrogen-bond acceptors (Lipinski definition) is 4. The molecule has 2 aromatic heterocycles. The average Bonchev–Trinajstić information content (AvgIpc) is 2.69. The highest BCUT2D eigenvalue weighted by Gasteiger charge is 2.18. The van der Waals surface area contributed by atoms with Crippen molar-refractivity contribution in [1.82, 2.24) is 14.9 Å². The summed E-state index contributed by atoms with van der Waals surface area (Å²) in [4.78, 5) is 22.7. The highest BCUT2D eigenvalue weighted by molar-refractivity contribution is 5.96. The van der Waals surface area contributed by atoms with Gasteiger partial charge in [-0.1, -0.05) is 30.3 Å². The zero-order chi connectivity index (χ0) is 18.2. The van der Waals surface area contributed by atoms with E-state index in [1.165, 1.54) is 5.56 Å². The van der Waals surface area contributed by atoms with Crippen LogP contribution in [0.25, 0.3) is 0 Å². The van der Waals surface area contributed by atoms with E-state index in [4.69, 9.17) is 4.74 Å². The van der Waals surface area contributed by atoms with Crippen molar-refractivity contribution in [1.29, 1.82) is 0 Å². The summed E-state index contributed by atoms with van der Waals surface area (Å²) in [6.45, 7) is 0.662. The maximum absolute atomic E-state index is 12.8. The lowest BCUT2D eigenvalue weighted by atomic mass is 10.1. The molecule has 2 heterocycles. The van der Waals surface area contributed by atoms with E-state index in [0.29, 0.717) is 23.7 Å². The van der Waals surface area contributed by atoms with Gasteiger partial charge in [-0.3, -0.25) is 9.78 Å². The Bertz CT molecular complexity index is 838. The molecule has 132 valence electrons. The van der Waals surface area contributed by atoms with Gasteiger partial charge in [-0.25, -0.2) is 4.98 Å². The molecule has 0 fully saturated rings. The number of benzene rings is 1. The molecule has 0 atom stereocenters. The van der Waals surface area contributed by atoms with Gasteiger partial charge in [-0.15, -0.1) is 0 Å². The number of amides is 1. The second-order valence-corrected chi connectivity index (χ2v) is 5.96. The number of aryl methyl sites for hydroxylation is 1. The fourth-order valence-electron chi connectivity index (χ4n) is 2.63. The lowest BCUT2D eigenvalue weighted by molar-refractivity contribution is 0.0790. The maximum atomic E-state index is 12.8. The number of carbonyl (C=O) groups excluding carboxylic acids is 1. The van der Waals surface area contributed by atoms with E-state index in [-0.39, 0.29) is 5.91 Å². The molecule has 0 N–H and O–H groups in total. The fourth-order valence-corrected chi connectivity index (χ4v) is 2.63. The van der Waals surface area contributed by atoms with Crippen LogP contribution in [0.1, 0.15) is 22.3 Å². The molecule has 0 aliphatic carbocycles. The average molecular weight is 347 g/mol. The van der Waals surface area contributed by atoms with E-state index in [1.807, 2.05) is 18.2 Å². The summed E-state index contributed by atoms with van der Waals surface area (Å²) < 4.78 is 5.73. The minimum Gasteiger partial charge on any atom is -0.437 e. The molecule has 5 nitrogen and oxygen atoms in total. The second-order valence-electron chi connectivity index (χ2n) is 5.96. The van der Waals surface area contributed by atoms with E-state index in [2.05, 4.69) is 22.1 Å². The first-order valence-corrected chi connectivity index (χ1v) is 8.56. The van der Waals surface area contributed by atoms with Crippen LogP contribution < -0.4 is 4.74 Å². The summed E-state index contributed by atoms with van der Waals surface area (Å²) in [6, 6.07) is 17.3. The number of aromatic nitrogens is 2. The first-order chi connectivity index (χ1) is 12.7. The van der Waals surface area contributed by atoms with Gasteiger partial charge in [0.05, 0.1) is 6.20 Å². The zero-order valence-electron chi connectivity index (χ0n) is 14.7. The van der Waals surface area contributed by atoms with Gasteiger partial charge in [0.15, 0.2) is 0 Å². The quantitative estimate of drug-likeness (QED) is 0.649. The van der Waals surface area contributed by atoms with Crippen molar-refractivity contribution < 1.29 is 9.53 Å². The van der Waals surface area contributed by atoms with Crippen LogP contribution in [0, 0.1) is 0 Å². The summed E-state index contributed by atoms with van der Waals surface area (Å²) in [5.41, 5.74) is 1.72. The molecule has 5 heteroatoms. The van der Waals surface area contributed by atoms with Gasteiger partial charge in [0, 0.05) is 26.0 Å². The summed E-state index contributed by atoms with van der Waals surface area (Å²) in [6.07, 6.45) is 6.69. The number of ether oxygens (including phenoxy) is 1. The van der Waals surface area contributed by atoms with Gasteiger partial charge < -0.3 is 9.64 Å². The van der Waals surface area contributed by atoms with Crippen molar-refractivity contribution in [3.05, 3.63) is 84.3 Å². The van der Waals surface area contributed by atoms with Gasteiger partial charge in [0.1, 0.15) is 11.3 Å². The van der Waals surface area contributed by atoms with Crippen LogP contribution in [0.3, 0.4) is 0 Å². The third-order valence-corrected chi connectivity index (χ3v) is 4.00. The fraction of sp³-hybridized carbons (Fsp3) is 0.190. The van der Waals surface area contributed by atoms with Crippen LogP contribution in [-0.4, -0.2) is 34.4 Å². The lowest BCUT2D eigenvalue weighted by Gasteiger charge is -2.18. The molecule has 1 amide bonds. The molecule has 0 spiro atoms. The monoisotopic (exact) mass is 347 g/mol. The Labute approximate surface area is 153 Å². The number of pyridine rings is 2. The second kappa shape index (κ2) is 8.76. The normalized spacial score (nSPS) is 10.3. The third kappa shape index (κ3) is 4.66. The minimum atomic E-state index is -0.106. The highest BCUT2D eigenvalue weighted by atomic mass is 16.5. The molecule has 0 saturated heterocycles. The molecule has 0 radical (unpaired) electrons. The lowest BCUT2D eigenvalue weighted by Crippen LogP contribution is -2.28. The van der Waals surface area contributed by atoms with E-state index >= 15 is 0 Å². The predicted octanol–water partition coefficient (Wildman–Crippen LogP) is 3.97. The Morgan fingerprint density at radius 2 is 1.85 bits per heavy atom. The first kappa shape index (κ1) is 17.6. The Morgan fingerprint density at radius 3 is 2.62 bits per heavy atom. The van der Waals surface area contributed by atoms with Gasteiger partial charge in [-0.2, -0.15) is 0 Å². The van der Waals surface area contributed by atoms with Crippen LogP contribution in [0.4, 0.5) is 0 Å². The summed E-state index contributed by atoms with van der Waals surface area (Å²) in [5.74, 6) is 0.734. The van der Waals surface area contributed by atoms with E-state index in [1.54, 1.807) is 54.8 Å². The van der Waals surface area contributed by atoms with Crippen molar-refractivity contribution >= 4 is 5.91 Å². The topological polar surface area (TPSA) is 55.3 Å². The van der Waals surface area contributed by atoms with Gasteiger partial charge >= 0.3 is 0 Å². The molecule has 1 aromatic carbocycles. The predicted molar refractivity (Wildman–Crippen MR) is 100 cm³/mol. The van der Waals surface area contributed by atoms with Crippen molar-refractivity contribution in [2.75, 3.05) is 13.6 Å². The summed E-state index contributed by atoms with van der Waals surface area (Å²) in [5, 5.41) is 0. The van der Waals surface area contributed by atoms with Crippen LogP contribution in [0.2, 0.25) is 0 Å². The van der Waals surface area contributed by atoms with Crippen molar-refractivity contribution in [3.63, 3.8) is 0 Å². The third-order valence-electron chi connectivity index (χ3n) is 4.00. The smallest absolute Gasteiger partial charge is 0.259 e. The molecule has 0 aliphatic heterocycles. The Balaban J connectivity index is 1.63. The number of hydrogen-bond donors (Lipinski definition) is 0. The molecular weight excluding hydrogens is 326 g/mol. The molecular formula is C21H21N3O2. The summed E-state index contributed by atoms with van der Waals surface area (Å²) >= 11 is 0. The minimum absolute atomic E-state index is 0.106. The molecule has 3 aromatic rings. The molecule has 26 heavy (non-hydrogen) atoms. The van der Waals surface area contributed by atoms with Crippen molar-refractivity contribution in [2.45, 2.75) is 12.8 Å². The molecule has 0 bridgehead atoms. The highest BCUT2D eigenvalue weighted by Crippen LogP contribution is 2.23. The molecule has 0 unspecified atom stereocenters. The van der Waals surface area contributed by atoms with E-state index < -0.39 is 0 Å². The Morgan fingerprint density at radius 1 is 1.04 bits per heavy atom. The van der Waals surface area contributed by atoms with Crippen LogP contribution in [-0.2, 0) is 6.42 Å². The van der Waals surface area contributed by atoms with Crippen LogP contribution >= 0.6 is 0 Å². The summed E-state index contributed by atoms with van der Waals surface area (Å²) in [7, 11) is 1.80. The molecule has 3 rings (SSSR count). The largest absolute Gasteiger partial charge is 0.437 e. The van der Waals surface area contributed by atoms with E-state index in [0.717, 1.165) is 12.8 Å². The standard InChI is InChI=1S/C21H21N3O2/c1-24(15-7-10-17-8-3-2-4-9-17)21(25)19-12-6-14-23-20(19)26-18-11-5-13-22-16-18/h2-6,8-9,11-14,16H,7,10,15H2,1H3. The zero-order valence-corrected chi connectivity index (χ0v) is 14.7. The maximum Gasteiger partial charge on any atom is 0.259 e. The van der Waals surface area contributed by atoms with Gasteiger partial charge in [0.2, 0.25) is 5.88 Å². The van der Waals surface area contributed by atoms with E-state index in [9.17, 15) is 4.79 Å². The number of rotatable bonds is 7. The number of carbonyl (C=O) groups is 1. The SMILES string of the molecule is CN(CCCc1ccccc1)C(=O)c1cccnc1Oc1cccnc1. The molecule has 0 saturated carbocycles. The Kier molecular flexibility index (Phi) is 5.93. The Hall–Kier alpha value is -3.21. The van der Waals surface area contributed by atoms with Gasteiger partial charge in [-0.05, 0) is 42.7 Å². The van der Waals surface area contributed by atoms with Crippen LogP contribution in [0.15, 0.2) is 73.2 Å². The molecule has 0 aliphatic rings. The first-order valence-electron chi connectivity index (χ1n) is 8.56. The van der Waals surface area contributed by atoms with Gasteiger partial charge in [0.25, 0.3) is 5.91 Å². The van der Waals surface area contributed by atoms with Crippen molar-refractivity contribution in [3.8, 4) is 11.6 Å².